The highest BCUT2D eigenvalue weighted by atomic mass is 32.2. The highest BCUT2D eigenvalue weighted by Crippen LogP contribution is 2.40. The SMILES string of the molecule is COc1ccc(COC(=O)C2C(NC(=O)SCc3ccccc3)=CS[C@H]3C(NC(=O)Cc4cccs4)C(=O)N23)cc1. The van der Waals surface area contributed by atoms with Crippen LogP contribution in [0.2, 0.25) is 0 Å². The molecule has 0 spiro atoms. The van der Waals surface area contributed by atoms with Crippen molar-refractivity contribution in [1.82, 2.24) is 15.5 Å². The number of carbonyl (C=O) groups excluding carboxylic acids is 4. The van der Waals surface area contributed by atoms with Gasteiger partial charge in [0.05, 0.1) is 19.2 Å². The molecule has 1 aromatic heterocycles. The maximum Gasteiger partial charge on any atom is 0.335 e. The van der Waals surface area contributed by atoms with E-state index in [1.54, 1.807) is 36.8 Å². The number of thiophene rings is 1. The minimum Gasteiger partial charge on any atom is -0.497 e. The molecule has 2 aliphatic rings. The van der Waals surface area contributed by atoms with Crippen LogP contribution in [-0.2, 0) is 37.9 Å². The van der Waals surface area contributed by atoms with Crippen molar-refractivity contribution in [2.75, 3.05) is 7.11 Å². The summed E-state index contributed by atoms with van der Waals surface area (Å²) in [7, 11) is 1.56. The topological polar surface area (TPSA) is 114 Å². The van der Waals surface area contributed by atoms with Crippen molar-refractivity contribution in [2.45, 2.75) is 36.2 Å². The van der Waals surface area contributed by atoms with Gasteiger partial charge in [0.1, 0.15) is 23.8 Å². The van der Waals surface area contributed by atoms with Crippen LogP contribution in [0, 0.1) is 0 Å². The minimum atomic E-state index is -1.15. The van der Waals surface area contributed by atoms with Crippen molar-refractivity contribution in [3.8, 4) is 5.75 Å². The fourth-order valence-corrected chi connectivity index (χ4v) is 6.92. The Hall–Kier alpha value is -3.74. The molecule has 41 heavy (non-hydrogen) atoms. The summed E-state index contributed by atoms with van der Waals surface area (Å²) in [6.07, 6.45) is 0.169. The van der Waals surface area contributed by atoms with Crippen LogP contribution in [0.1, 0.15) is 16.0 Å². The van der Waals surface area contributed by atoms with Gasteiger partial charge in [-0.05, 0) is 40.1 Å². The lowest BCUT2D eigenvalue weighted by atomic mass is 10.0. The average Bonchev–Trinajstić information content (AvgIpc) is 3.51. The number of ether oxygens (including phenoxy) is 2. The molecule has 2 aromatic carbocycles. The number of hydrogen-bond acceptors (Lipinski definition) is 9. The maximum absolute atomic E-state index is 13.4. The molecular formula is C29H27N3O6S3. The van der Waals surface area contributed by atoms with E-state index in [4.69, 9.17) is 9.47 Å². The first kappa shape index (κ1) is 28.8. The first-order chi connectivity index (χ1) is 19.9. The molecular weight excluding hydrogens is 583 g/mol. The van der Waals surface area contributed by atoms with Crippen LogP contribution in [0.5, 0.6) is 5.75 Å². The van der Waals surface area contributed by atoms with Crippen molar-refractivity contribution in [1.29, 1.82) is 0 Å². The van der Waals surface area contributed by atoms with Gasteiger partial charge < -0.3 is 25.0 Å². The number of rotatable bonds is 10. The van der Waals surface area contributed by atoms with Gasteiger partial charge in [-0.3, -0.25) is 14.4 Å². The highest BCUT2D eigenvalue weighted by Gasteiger charge is 2.56. The summed E-state index contributed by atoms with van der Waals surface area (Å²) in [4.78, 5) is 54.3. The van der Waals surface area contributed by atoms with Gasteiger partial charge in [-0.15, -0.1) is 23.1 Å². The van der Waals surface area contributed by atoms with Gasteiger partial charge in [-0.2, -0.15) is 0 Å². The summed E-state index contributed by atoms with van der Waals surface area (Å²) in [5.41, 5.74) is 1.98. The molecule has 9 nitrogen and oxygen atoms in total. The molecule has 0 saturated carbocycles. The van der Waals surface area contributed by atoms with Crippen LogP contribution >= 0.6 is 34.9 Å². The second-order valence-electron chi connectivity index (χ2n) is 9.19. The Balaban J connectivity index is 1.27. The number of carbonyl (C=O) groups is 4. The van der Waals surface area contributed by atoms with E-state index in [1.165, 1.54) is 28.0 Å². The maximum atomic E-state index is 13.4. The predicted molar refractivity (Wildman–Crippen MR) is 159 cm³/mol. The van der Waals surface area contributed by atoms with Gasteiger partial charge in [-0.25, -0.2) is 4.79 Å². The number of esters is 1. The second-order valence-corrected chi connectivity index (χ2v) is 12.2. The summed E-state index contributed by atoms with van der Waals surface area (Å²) in [6, 6.07) is 18.4. The fraction of sp³-hybridized carbons (Fsp3) is 0.241. The zero-order valence-corrected chi connectivity index (χ0v) is 24.4. The van der Waals surface area contributed by atoms with Crippen LogP contribution < -0.4 is 15.4 Å². The van der Waals surface area contributed by atoms with Crippen LogP contribution in [0.4, 0.5) is 4.79 Å². The molecule has 12 heteroatoms. The lowest BCUT2D eigenvalue weighted by Crippen LogP contribution is -2.74. The first-order valence-electron chi connectivity index (χ1n) is 12.7. The van der Waals surface area contributed by atoms with E-state index >= 15 is 0 Å². The van der Waals surface area contributed by atoms with Crippen molar-refractivity contribution in [3.05, 3.63) is 99.2 Å². The number of thioether (sulfide) groups is 2. The largest absolute Gasteiger partial charge is 0.497 e. The molecule has 1 saturated heterocycles. The zero-order valence-electron chi connectivity index (χ0n) is 22.0. The molecule has 2 aliphatic heterocycles. The number of nitrogens with zero attached hydrogens (tertiary/aromatic N) is 1. The van der Waals surface area contributed by atoms with E-state index in [0.717, 1.165) is 27.8 Å². The third-order valence-corrected chi connectivity index (χ3v) is 9.33. The Morgan fingerprint density at radius 3 is 2.49 bits per heavy atom. The molecule has 0 bridgehead atoms. The molecule has 3 atom stereocenters. The highest BCUT2D eigenvalue weighted by molar-refractivity contribution is 8.12. The summed E-state index contributed by atoms with van der Waals surface area (Å²) in [6.45, 7) is -0.0237. The fourth-order valence-electron chi connectivity index (χ4n) is 4.36. The van der Waals surface area contributed by atoms with E-state index < -0.39 is 29.3 Å². The Kier molecular flexibility index (Phi) is 9.32. The number of hydrogen-bond donors (Lipinski definition) is 2. The van der Waals surface area contributed by atoms with Crippen molar-refractivity contribution >= 4 is 57.9 Å². The van der Waals surface area contributed by atoms with Gasteiger partial charge in [0.2, 0.25) is 11.8 Å². The number of amides is 3. The van der Waals surface area contributed by atoms with Crippen LogP contribution in [-0.4, -0.2) is 52.5 Å². The van der Waals surface area contributed by atoms with Gasteiger partial charge in [0.15, 0.2) is 6.04 Å². The van der Waals surface area contributed by atoms with Gasteiger partial charge in [-0.1, -0.05) is 60.3 Å². The molecule has 2 unspecified atom stereocenters. The van der Waals surface area contributed by atoms with Crippen LogP contribution in [0.25, 0.3) is 0 Å². The predicted octanol–water partition coefficient (Wildman–Crippen LogP) is 4.30. The number of methoxy groups -OCH3 is 1. The van der Waals surface area contributed by atoms with Gasteiger partial charge in [0, 0.05) is 10.6 Å². The molecule has 1 fully saturated rings. The standard InChI is InChI=1S/C29H27N3O6S3/c1-37-20-11-9-18(10-12-20)15-38-28(35)25-22(30-29(36)41-16-19-6-3-2-4-7-19)17-40-27-24(26(34)32(25)27)31-23(33)14-21-8-5-13-39-21/h2-13,17,24-25,27H,14-16H2,1H3,(H,30,36)(H,31,33)/t24?,25?,27-/m0/s1. The molecule has 2 N–H and O–H groups in total. The third kappa shape index (κ3) is 6.95. The molecule has 212 valence electrons. The number of β-lactam (4-membered cyclic amide) rings is 1. The van der Waals surface area contributed by atoms with E-state index in [9.17, 15) is 19.2 Å². The Labute approximate surface area is 249 Å². The van der Waals surface area contributed by atoms with Crippen LogP contribution in [0.3, 0.4) is 0 Å². The Morgan fingerprint density at radius 1 is 1.00 bits per heavy atom. The quantitative estimate of drug-likeness (QED) is 0.259. The number of benzene rings is 2. The first-order valence-corrected chi connectivity index (χ1v) is 15.5. The Bertz CT molecular complexity index is 1430. The summed E-state index contributed by atoms with van der Waals surface area (Å²) < 4.78 is 10.8. The molecule has 0 radical (unpaired) electrons. The van der Waals surface area contributed by atoms with Crippen molar-refractivity contribution in [3.63, 3.8) is 0 Å². The smallest absolute Gasteiger partial charge is 0.335 e. The second kappa shape index (κ2) is 13.3. The lowest BCUT2D eigenvalue weighted by molar-refractivity contribution is -0.164. The van der Waals surface area contributed by atoms with Gasteiger partial charge >= 0.3 is 5.97 Å². The number of fused-ring (bicyclic) bond motifs is 1. The average molecular weight is 610 g/mol. The molecule has 3 aromatic rings. The molecule has 0 aliphatic carbocycles. The van der Waals surface area contributed by atoms with E-state index in [-0.39, 0.29) is 29.9 Å². The van der Waals surface area contributed by atoms with E-state index in [2.05, 4.69) is 10.6 Å². The van der Waals surface area contributed by atoms with E-state index in [1.807, 2.05) is 47.8 Å². The summed E-state index contributed by atoms with van der Waals surface area (Å²) in [5, 5.41) is 8.26. The van der Waals surface area contributed by atoms with Crippen molar-refractivity contribution in [2.24, 2.45) is 0 Å². The molecule has 5 rings (SSSR count). The summed E-state index contributed by atoms with van der Waals surface area (Å²) >= 11 is 3.79. The number of nitrogens with one attached hydrogen (secondary N) is 2. The zero-order chi connectivity index (χ0) is 28.8. The van der Waals surface area contributed by atoms with Gasteiger partial charge in [0.25, 0.3) is 5.24 Å². The van der Waals surface area contributed by atoms with E-state index in [0.29, 0.717) is 11.5 Å². The lowest BCUT2D eigenvalue weighted by Gasteiger charge is -2.51. The van der Waals surface area contributed by atoms with Crippen LogP contribution in [0.15, 0.2) is 83.2 Å². The van der Waals surface area contributed by atoms with Crippen molar-refractivity contribution < 1.29 is 28.7 Å². The third-order valence-electron chi connectivity index (χ3n) is 6.44. The minimum absolute atomic E-state index is 0.0237. The molecule has 3 heterocycles. The monoisotopic (exact) mass is 609 g/mol. The normalized spacial score (nSPS) is 19.3. The Morgan fingerprint density at radius 2 is 1.78 bits per heavy atom. The summed E-state index contributed by atoms with van der Waals surface area (Å²) in [5.74, 6) is -0.243. The molecule has 3 amide bonds.